The molecule has 0 spiro atoms. The second-order valence-electron chi connectivity index (χ2n) is 4.74. The summed E-state index contributed by atoms with van der Waals surface area (Å²) < 4.78 is 23.1. The normalized spacial score (nSPS) is 13.1. The molecular weight excluding hydrogens is 264 g/mol. The van der Waals surface area contributed by atoms with Crippen molar-refractivity contribution in [3.63, 3.8) is 0 Å². The first-order valence-corrected chi connectivity index (χ1v) is 7.93. The molecule has 0 aromatic heterocycles. The van der Waals surface area contributed by atoms with E-state index in [1.165, 1.54) is 18.2 Å². The van der Waals surface area contributed by atoms with E-state index in [2.05, 4.69) is 0 Å². The Morgan fingerprint density at radius 1 is 1.37 bits per heavy atom. The van der Waals surface area contributed by atoms with Crippen LogP contribution in [0.1, 0.15) is 30.6 Å². The van der Waals surface area contributed by atoms with Gasteiger partial charge in [-0.25, -0.2) is 8.42 Å². The van der Waals surface area contributed by atoms with Gasteiger partial charge in [-0.3, -0.25) is 4.79 Å². The fourth-order valence-corrected chi connectivity index (χ4v) is 2.33. The van der Waals surface area contributed by atoms with E-state index in [4.69, 9.17) is 5.73 Å². The van der Waals surface area contributed by atoms with Crippen molar-refractivity contribution in [3.8, 4) is 0 Å². The van der Waals surface area contributed by atoms with Gasteiger partial charge in [0.1, 0.15) is 0 Å². The van der Waals surface area contributed by atoms with Crippen LogP contribution in [0.15, 0.2) is 23.1 Å². The largest absolute Gasteiger partial charge is 0.399 e. The third kappa shape index (κ3) is 3.70. The summed E-state index contributed by atoms with van der Waals surface area (Å²) in [5, 5.41) is 0. The zero-order chi connectivity index (χ0) is 14.8. The Balaban J connectivity index is 3.22. The molecule has 1 amide bonds. The number of rotatable bonds is 4. The summed E-state index contributed by atoms with van der Waals surface area (Å²) in [6, 6.07) is 4.30. The van der Waals surface area contributed by atoms with Gasteiger partial charge in [-0.05, 0) is 31.5 Å². The summed E-state index contributed by atoms with van der Waals surface area (Å²) in [6.07, 6.45) is 1.91. The third-order valence-corrected chi connectivity index (χ3v) is 4.27. The Labute approximate surface area is 114 Å². The molecular formula is C13H20N2O3S. The summed E-state index contributed by atoms with van der Waals surface area (Å²) in [5.41, 5.74) is 6.23. The van der Waals surface area contributed by atoms with Crippen LogP contribution in [0, 0.1) is 0 Å². The lowest BCUT2D eigenvalue weighted by atomic mass is 10.1. The lowest BCUT2D eigenvalue weighted by Gasteiger charge is -2.24. The molecule has 1 unspecified atom stereocenters. The maximum Gasteiger partial charge on any atom is 0.253 e. The van der Waals surface area contributed by atoms with Crippen LogP contribution in [-0.2, 0) is 9.84 Å². The quantitative estimate of drug-likeness (QED) is 0.850. The first-order valence-electron chi connectivity index (χ1n) is 6.04. The van der Waals surface area contributed by atoms with E-state index >= 15 is 0 Å². The minimum Gasteiger partial charge on any atom is -0.399 e. The Kier molecular flexibility index (Phi) is 4.57. The molecule has 0 aliphatic carbocycles. The summed E-state index contributed by atoms with van der Waals surface area (Å²) in [5.74, 6) is -0.230. The van der Waals surface area contributed by atoms with Crippen molar-refractivity contribution < 1.29 is 13.2 Å². The van der Waals surface area contributed by atoms with Crippen molar-refractivity contribution in [2.75, 3.05) is 19.0 Å². The Hall–Kier alpha value is -1.56. The average Bonchev–Trinajstić information content (AvgIpc) is 2.34. The van der Waals surface area contributed by atoms with Crippen LogP contribution < -0.4 is 5.73 Å². The zero-order valence-electron chi connectivity index (χ0n) is 11.7. The predicted molar refractivity (Wildman–Crippen MR) is 75.8 cm³/mol. The van der Waals surface area contributed by atoms with Crippen molar-refractivity contribution >= 4 is 21.4 Å². The standard InChI is InChI=1S/C13H20N2O3S/c1-5-9(2)15(3)13(16)10-6-11(14)8-12(7-10)19(4,17)18/h6-9H,5,14H2,1-4H3. The topological polar surface area (TPSA) is 80.5 Å². The molecule has 0 heterocycles. The molecule has 0 bridgehead atoms. The third-order valence-electron chi connectivity index (χ3n) is 3.18. The highest BCUT2D eigenvalue weighted by atomic mass is 32.2. The molecule has 106 valence electrons. The highest BCUT2D eigenvalue weighted by Gasteiger charge is 2.19. The summed E-state index contributed by atoms with van der Waals surface area (Å²) in [4.78, 5) is 13.9. The minimum absolute atomic E-state index is 0.0633. The van der Waals surface area contributed by atoms with Gasteiger partial charge in [0.15, 0.2) is 9.84 Å². The van der Waals surface area contributed by atoms with E-state index in [1.54, 1.807) is 11.9 Å². The molecule has 6 heteroatoms. The molecule has 19 heavy (non-hydrogen) atoms. The molecule has 2 N–H and O–H groups in total. The highest BCUT2D eigenvalue weighted by molar-refractivity contribution is 7.90. The van der Waals surface area contributed by atoms with E-state index < -0.39 is 9.84 Å². The van der Waals surface area contributed by atoms with Gasteiger partial charge in [0.05, 0.1) is 4.90 Å². The second kappa shape index (κ2) is 5.61. The van der Waals surface area contributed by atoms with Gasteiger partial charge < -0.3 is 10.6 Å². The molecule has 5 nitrogen and oxygen atoms in total. The van der Waals surface area contributed by atoms with Crippen molar-refractivity contribution in [1.29, 1.82) is 0 Å². The molecule has 1 rings (SSSR count). The predicted octanol–water partition coefficient (Wildman–Crippen LogP) is 1.54. The molecule has 1 atom stereocenters. The number of carbonyl (C=O) groups excluding carboxylic acids is 1. The number of benzene rings is 1. The van der Waals surface area contributed by atoms with Crippen molar-refractivity contribution in [1.82, 2.24) is 4.90 Å². The summed E-state index contributed by atoms with van der Waals surface area (Å²) >= 11 is 0. The van der Waals surface area contributed by atoms with Crippen molar-refractivity contribution in [2.45, 2.75) is 31.2 Å². The number of anilines is 1. The zero-order valence-corrected chi connectivity index (χ0v) is 12.5. The summed E-state index contributed by atoms with van der Waals surface area (Å²) in [7, 11) is -1.69. The molecule has 0 saturated carbocycles. The SMILES string of the molecule is CCC(C)N(C)C(=O)c1cc(N)cc(S(C)(=O)=O)c1. The fourth-order valence-electron chi connectivity index (χ4n) is 1.64. The molecule has 0 radical (unpaired) electrons. The van der Waals surface area contributed by atoms with Crippen LogP contribution in [-0.4, -0.2) is 38.6 Å². The molecule has 0 fully saturated rings. The summed E-state index contributed by atoms with van der Waals surface area (Å²) in [6.45, 7) is 3.91. The number of hydrogen-bond donors (Lipinski definition) is 1. The van der Waals surface area contributed by atoms with Crippen LogP contribution in [0.4, 0.5) is 5.69 Å². The number of nitrogens with two attached hydrogens (primary N) is 1. The monoisotopic (exact) mass is 284 g/mol. The molecule has 0 aliphatic rings. The van der Waals surface area contributed by atoms with Gasteiger partial charge in [0.25, 0.3) is 5.91 Å². The number of nitrogen functional groups attached to an aromatic ring is 1. The van der Waals surface area contributed by atoms with Crippen molar-refractivity contribution in [3.05, 3.63) is 23.8 Å². The number of sulfone groups is 1. The maximum atomic E-state index is 12.3. The number of hydrogen-bond acceptors (Lipinski definition) is 4. The van der Waals surface area contributed by atoms with E-state index in [0.717, 1.165) is 12.7 Å². The Bertz CT molecular complexity index is 582. The van der Waals surface area contributed by atoms with Gasteiger partial charge in [-0.15, -0.1) is 0 Å². The van der Waals surface area contributed by atoms with Crippen molar-refractivity contribution in [2.24, 2.45) is 0 Å². The Morgan fingerprint density at radius 3 is 2.42 bits per heavy atom. The van der Waals surface area contributed by atoms with Crippen LogP contribution in [0.3, 0.4) is 0 Å². The highest BCUT2D eigenvalue weighted by Crippen LogP contribution is 2.19. The lowest BCUT2D eigenvalue weighted by Crippen LogP contribution is -2.34. The number of carbonyl (C=O) groups is 1. The molecule has 1 aromatic rings. The van der Waals surface area contributed by atoms with E-state index in [9.17, 15) is 13.2 Å². The van der Waals surface area contributed by atoms with Crippen LogP contribution in [0.25, 0.3) is 0 Å². The molecule has 0 aliphatic heterocycles. The Morgan fingerprint density at radius 2 is 1.95 bits per heavy atom. The van der Waals surface area contributed by atoms with Gasteiger partial charge >= 0.3 is 0 Å². The number of nitrogens with zero attached hydrogens (tertiary/aromatic N) is 1. The van der Waals surface area contributed by atoms with E-state index in [1.807, 2.05) is 13.8 Å². The maximum absolute atomic E-state index is 12.3. The van der Waals surface area contributed by atoms with Crippen LogP contribution in [0.5, 0.6) is 0 Å². The van der Waals surface area contributed by atoms with Gasteiger partial charge in [0, 0.05) is 30.6 Å². The van der Waals surface area contributed by atoms with Gasteiger partial charge in [-0.2, -0.15) is 0 Å². The minimum atomic E-state index is -3.38. The number of amides is 1. The van der Waals surface area contributed by atoms with E-state index in [0.29, 0.717) is 5.56 Å². The smallest absolute Gasteiger partial charge is 0.253 e. The second-order valence-corrected chi connectivity index (χ2v) is 6.75. The first-order chi connectivity index (χ1) is 8.66. The molecule has 0 saturated heterocycles. The average molecular weight is 284 g/mol. The van der Waals surface area contributed by atoms with Crippen LogP contribution >= 0.6 is 0 Å². The van der Waals surface area contributed by atoms with Gasteiger partial charge in [-0.1, -0.05) is 6.92 Å². The lowest BCUT2D eigenvalue weighted by molar-refractivity contribution is 0.0740. The van der Waals surface area contributed by atoms with E-state index in [-0.39, 0.29) is 22.5 Å². The van der Waals surface area contributed by atoms with Gasteiger partial charge in [0.2, 0.25) is 0 Å². The fraction of sp³-hybridized carbons (Fsp3) is 0.462. The van der Waals surface area contributed by atoms with Crippen LogP contribution in [0.2, 0.25) is 0 Å². The first kappa shape index (κ1) is 15.5. The molecule has 1 aromatic carbocycles.